The van der Waals surface area contributed by atoms with Crippen LogP contribution in [0, 0.1) is 0 Å². The Labute approximate surface area is 153 Å². The van der Waals surface area contributed by atoms with Gasteiger partial charge in [0.25, 0.3) is 0 Å². The zero-order chi connectivity index (χ0) is 19.4. The molecule has 6 nitrogen and oxygen atoms in total. The lowest BCUT2D eigenvalue weighted by molar-refractivity contribution is -0.137. The van der Waals surface area contributed by atoms with Crippen LogP contribution in [0.1, 0.15) is 12.5 Å². The van der Waals surface area contributed by atoms with E-state index in [1.54, 1.807) is 24.3 Å². The van der Waals surface area contributed by atoms with Gasteiger partial charge >= 0.3 is 12.2 Å². The van der Waals surface area contributed by atoms with Gasteiger partial charge in [-0.3, -0.25) is 0 Å². The third kappa shape index (κ3) is 4.60. The standard InChI is InChI=1S/C18H18F3N3O3/c1-2-26-15-6-4-3-5-14(15)23-17(25)24-10-13(11-24)27-16-9-12(7-8-22-16)18(19,20)21/h3-9,13H,2,10-11H2,1H3,(H,23,25). The number of benzene rings is 1. The maximum atomic E-state index is 12.7. The molecular formula is C18H18F3N3O3. The maximum Gasteiger partial charge on any atom is 0.416 e. The Bertz CT molecular complexity index is 808. The first kappa shape index (κ1) is 18.8. The number of hydrogen-bond acceptors (Lipinski definition) is 4. The molecule has 1 aliphatic heterocycles. The lowest BCUT2D eigenvalue weighted by Crippen LogP contribution is -2.57. The molecule has 1 aliphatic rings. The number of urea groups is 1. The fraction of sp³-hybridized carbons (Fsp3) is 0.333. The van der Waals surface area contributed by atoms with E-state index in [4.69, 9.17) is 9.47 Å². The first-order valence-electron chi connectivity index (χ1n) is 8.34. The summed E-state index contributed by atoms with van der Waals surface area (Å²) in [5, 5.41) is 2.75. The molecule has 0 atom stereocenters. The molecule has 1 aromatic heterocycles. The van der Waals surface area contributed by atoms with Crippen LogP contribution in [0.15, 0.2) is 42.6 Å². The molecule has 1 N–H and O–H groups in total. The summed E-state index contributed by atoms with van der Waals surface area (Å²) in [7, 11) is 0. The maximum absolute atomic E-state index is 12.7. The number of alkyl halides is 3. The van der Waals surface area contributed by atoms with Crippen LogP contribution in [0.5, 0.6) is 11.6 Å². The molecule has 0 aliphatic carbocycles. The summed E-state index contributed by atoms with van der Waals surface area (Å²) in [4.78, 5) is 17.5. The van der Waals surface area contributed by atoms with Crippen LogP contribution in [0.25, 0.3) is 0 Å². The van der Waals surface area contributed by atoms with Gasteiger partial charge in [-0.1, -0.05) is 12.1 Å². The largest absolute Gasteiger partial charge is 0.492 e. The van der Waals surface area contributed by atoms with Gasteiger partial charge in [-0.05, 0) is 25.1 Å². The molecule has 0 unspecified atom stereocenters. The molecule has 144 valence electrons. The lowest BCUT2D eigenvalue weighted by Gasteiger charge is -2.38. The summed E-state index contributed by atoms with van der Waals surface area (Å²) in [6.45, 7) is 2.81. The first-order chi connectivity index (χ1) is 12.9. The summed E-state index contributed by atoms with van der Waals surface area (Å²) < 4.78 is 49.0. The van der Waals surface area contributed by atoms with Crippen molar-refractivity contribution >= 4 is 11.7 Å². The van der Waals surface area contributed by atoms with Gasteiger partial charge < -0.3 is 19.7 Å². The van der Waals surface area contributed by atoms with E-state index in [2.05, 4.69) is 10.3 Å². The van der Waals surface area contributed by atoms with Gasteiger partial charge in [-0.15, -0.1) is 0 Å². The molecule has 3 rings (SSSR count). The number of carbonyl (C=O) groups excluding carboxylic acids is 1. The summed E-state index contributed by atoms with van der Waals surface area (Å²) >= 11 is 0. The average molecular weight is 381 g/mol. The fourth-order valence-electron chi connectivity index (χ4n) is 2.55. The summed E-state index contributed by atoms with van der Waals surface area (Å²) in [6, 6.07) is 8.45. The van der Waals surface area contributed by atoms with Gasteiger partial charge in [0.05, 0.1) is 30.9 Å². The van der Waals surface area contributed by atoms with E-state index in [-0.39, 0.29) is 25.0 Å². The summed E-state index contributed by atoms with van der Waals surface area (Å²) in [5.41, 5.74) is -0.276. The molecule has 2 amide bonds. The highest BCUT2D eigenvalue weighted by Gasteiger charge is 2.34. The van der Waals surface area contributed by atoms with Crippen LogP contribution >= 0.6 is 0 Å². The molecule has 9 heteroatoms. The minimum atomic E-state index is -4.46. The second kappa shape index (κ2) is 7.73. The van der Waals surface area contributed by atoms with Crippen molar-refractivity contribution in [1.82, 2.24) is 9.88 Å². The zero-order valence-electron chi connectivity index (χ0n) is 14.5. The number of para-hydroxylation sites is 2. The Hall–Kier alpha value is -2.97. The smallest absolute Gasteiger partial charge is 0.416 e. The first-order valence-corrected chi connectivity index (χ1v) is 8.34. The van der Waals surface area contributed by atoms with E-state index in [1.807, 2.05) is 6.92 Å². The number of nitrogens with one attached hydrogen (secondary N) is 1. The normalized spacial score (nSPS) is 14.4. The van der Waals surface area contributed by atoms with Crippen molar-refractivity contribution in [1.29, 1.82) is 0 Å². The number of nitrogens with zero attached hydrogens (tertiary/aromatic N) is 2. The van der Waals surface area contributed by atoms with Crippen molar-refractivity contribution in [2.24, 2.45) is 0 Å². The molecular weight excluding hydrogens is 363 g/mol. The molecule has 1 saturated heterocycles. The Morgan fingerprint density at radius 3 is 2.74 bits per heavy atom. The molecule has 2 aromatic rings. The number of halogens is 3. The molecule has 0 radical (unpaired) electrons. The predicted molar refractivity (Wildman–Crippen MR) is 91.9 cm³/mol. The summed E-state index contributed by atoms with van der Waals surface area (Å²) in [5.74, 6) is 0.450. The van der Waals surface area contributed by atoms with E-state index >= 15 is 0 Å². The number of carbonyl (C=O) groups is 1. The number of hydrogen-bond donors (Lipinski definition) is 1. The van der Waals surface area contributed by atoms with E-state index in [1.165, 1.54) is 4.90 Å². The molecule has 2 heterocycles. The summed E-state index contributed by atoms with van der Waals surface area (Å²) in [6.07, 6.45) is -3.82. The molecule has 27 heavy (non-hydrogen) atoms. The van der Waals surface area contributed by atoms with Crippen molar-refractivity contribution in [3.63, 3.8) is 0 Å². The highest BCUT2D eigenvalue weighted by atomic mass is 19.4. The highest BCUT2D eigenvalue weighted by Crippen LogP contribution is 2.31. The predicted octanol–water partition coefficient (Wildman–Crippen LogP) is 3.79. The van der Waals surface area contributed by atoms with Crippen molar-refractivity contribution in [2.45, 2.75) is 19.2 Å². The van der Waals surface area contributed by atoms with Crippen LogP contribution in [-0.2, 0) is 6.18 Å². The van der Waals surface area contributed by atoms with Crippen LogP contribution in [0.3, 0.4) is 0 Å². The van der Waals surface area contributed by atoms with Crippen molar-refractivity contribution < 1.29 is 27.4 Å². The second-order valence-corrected chi connectivity index (χ2v) is 5.88. The number of ether oxygens (including phenoxy) is 2. The number of aromatic nitrogens is 1. The molecule has 1 fully saturated rings. The SMILES string of the molecule is CCOc1ccccc1NC(=O)N1CC(Oc2cc(C(F)(F)F)ccn2)C1. The van der Waals surface area contributed by atoms with Gasteiger partial charge in [0, 0.05) is 12.3 Å². The minimum Gasteiger partial charge on any atom is -0.492 e. The third-order valence-electron chi connectivity index (χ3n) is 3.91. The molecule has 0 bridgehead atoms. The monoisotopic (exact) mass is 381 g/mol. The number of amides is 2. The Morgan fingerprint density at radius 2 is 2.04 bits per heavy atom. The average Bonchev–Trinajstić information content (AvgIpc) is 2.59. The van der Waals surface area contributed by atoms with Gasteiger partial charge in [0.15, 0.2) is 0 Å². The van der Waals surface area contributed by atoms with E-state index in [0.717, 1.165) is 18.3 Å². The van der Waals surface area contributed by atoms with Gasteiger partial charge in [0.2, 0.25) is 5.88 Å². The number of anilines is 1. The van der Waals surface area contributed by atoms with Gasteiger partial charge in [-0.25, -0.2) is 9.78 Å². The van der Waals surface area contributed by atoms with E-state index < -0.39 is 17.8 Å². The van der Waals surface area contributed by atoms with Crippen molar-refractivity contribution in [3.8, 4) is 11.6 Å². The second-order valence-electron chi connectivity index (χ2n) is 5.88. The van der Waals surface area contributed by atoms with E-state index in [9.17, 15) is 18.0 Å². The van der Waals surface area contributed by atoms with E-state index in [0.29, 0.717) is 18.0 Å². The molecule has 0 spiro atoms. The van der Waals surface area contributed by atoms with Crippen molar-refractivity contribution in [2.75, 3.05) is 25.0 Å². The minimum absolute atomic E-state index is 0.114. The van der Waals surface area contributed by atoms with Gasteiger partial charge in [0.1, 0.15) is 11.9 Å². The topological polar surface area (TPSA) is 63.7 Å². The highest BCUT2D eigenvalue weighted by molar-refractivity contribution is 5.91. The quantitative estimate of drug-likeness (QED) is 0.856. The van der Waals surface area contributed by atoms with Crippen LogP contribution in [0.4, 0.5) is 23.7 Å². The molecule has 1 aromatic carbocycles. The van der Waals surface area contributed by atoms with Crippen LogP contribution in [0.2, 0.25) is 0 Å². The third-order valence-corrected chi connectivity index (χ3v) is 3.91. The number of likely N-dealkylation sites (tertiary alicyclic amines) is 1. The Morgan fingerprint density at radius 1 is 1.30 bits per heavy atom. The zero-order valence-corrected chi connectivity index (χ0v) is 14.5. The van der Waals surface area contributed by atoms with Crippen LogP contribution in [-0.4, -0.2) is 41.7 Å². The lowest BCUT2D eigenvalue weighted by atomic mass is 10.2. The molecule has 0 saturated carbocycles. The number of rotatable bonds is 5. The van der Waals surface area contributed by atoms with Crippen molar-refractivity contribution in [3.05, 3.63) is 48.2 Å². The van der Waals surface area contributed by atoms with Crippen LogP contribution < -0.4 is 14.8 Å². The number of pyridine rings is 1. The Kier molecular flexibility index (Phi) is 5.38. The fourth-order valence-corrected chi connectivity index (χ4v) is 2.55. The van der Waals surface area contributed by atoms with Gasteiger partial charge in [-0.2, -0.15) is 13.2 Å². The Balaban J connectivity index is 1.53.